The summed E-state index contributed by atoms with van der Waals surface area (Å²) in [6, 6.07) is 0. The fourth-order valence-electron chi connectivity index (χ4n) is 2.29. The maximum Gasteiger partial charge on any atom is 0.242 e. The quantitative estimate of drug-likeness (QED) is 0.555. The van der Waals surface area contributed by atoms with E-state index in [4.69, 9.17) is 0 Å². The average molecular weight is 268 g/mol. The van der Waals surface area contributed by atoms with E-state index in [0.29, 0.717) is 32.5 Å². The Hall–Kier alpha value is -1.63. The molecule has 2 fully saturated rings. The molecule has 0 aromatic carbocycles. The Morgan fingerprint density at radius 3 is 2.68 bits per heavy atom. The standard InChI is InChI=1S/C12H20N4O3/c17-10-2-1-9(7-14-10)12(19)15-8-11(18)16-5-3-13-4-6-16/h9,13H,1-8H2,(H,14,17)(H,15,19). The third-order valence-electron chi connectivity index (χ3n) is 3.52. The Kier molecular flexibility index (Phi) is 4.73. The molecule has 106 valence electrons. The molecule has 0 bridgehead atoms. The van der Waals surface area contributed by atoms with E-state index in [9.17, 15) is 14.4 Å². The van der Waals surface area contributed by atoms with Crippen molar-refractivity contribution in [2.75, 3.05) is 39.3 Å². The molecule has 0 radical (unpaired) electrons. The van der Waals surface area contributed by atoms with Crippen LogP contribution in [0, 0.1) is 5.92 Å². The number of rotatable bonds is 3. The molecule has 2 saturated heterocycles. The molecule has 2 heterocycles. The summed E-state index contributed by atoms with van der Waals surface area (Å²) < 4.78 is 0. The Morgan fingerprint density at radius 2 is 2.05 bits per heavy atom. The molecule has 1 unspecified atom stereocenters. The maximum atomic E-state index is 11.9. The largest absolute Gasteiger partial charge is 0.355 e. The van der Waals surface area contributed by atoms with Crippen LogP contribution in [0.5, 0.6) is 0 Å². The zero-order valence-corrected chi connectivity index (χ0v) is 10.9. The molecule has 3 amide bonds. The van der Waals surface area contributed by atoms with E-state index in [-0.39, 0.29) is 30.2 Å². The minimum atomic E-state index is -0.214. The summed E-state index contributed by atoms with van der Waals surface area (Å²) in [5.74, 6) is -0.423. The van der Waals surface area contributed by atoms with Crippen molar-refractivity contribution in [1.29, 1.82) is 0 Å². The first kappa shape index (κ1) is 13.8. The van der Waals surface area contributed by atoms with Crippen molar-refractivity contribution in [3.05, 3.63) is 0 Å². The van der Waals surface area contributed by atoms with Gasteiger partial charge in [0.1, 0.15) is 0 Å². The Balaban J connectivity index is 1.70. The van der Waals surface area contributed by atoms with Gasteiger partial charge in [-0.3, -0.25) is 14.4 Å². The highest BCUT2D eigenvalue weighted by molar-refractivity contribution is 5.87. The Morgan fingerprint density at radius 1 is 1.32 bits per heavy atom. The molecule has 1 atom stereocenters. The summed E-state index contributed by atoms with van der Waals surface area (Å²) in [5.41, 5.74) is 0. The van der Waals surface area contributed by atoms with Crippen LogP contribution in [0.15, 0.2) is 0 Å². The van der Waals surface area contributed by atoms with Crippen molar-refractivity contribution in [2.45, 2.75) is 12.8 Å². The van der Waals surface area contributed by atoms with Crippen LogP contribution < -0.4 is 16.0 Å². The van der Waals surface area contributed by atoms with Gasteiger partial charge in [-0.25, -0.2) is 0 Å². The van der Waals surface area contributed by atoms with Crippen molar-refractivity contribution < 1.29 is 14.4 Å². The van der Waals surface area contributed by atoms with Crippen LogP contribution in [0.4, 0.5) is 0 Å². The third-order valence-corrected chi connectivity index (χ3v) is 3.52. The minimum Gasteiger partial charge on any atom is -0.355 e. The summed E-state index contributed by atoms with van der Waals surface area (Å²) in [6.07, 6.45) is 0.934. The van der Waals surface area contributed by atoms with Crippen LogP contribution in [-0.4, -0.2) is 61.9 Å². The predicted molar refractivity (Wildman–Crippen MR) is 68.2 cm³/mol. The van der Waals surface area contributed by atoms with Gasteiger partial charge < -0.3 is 20.9 Å². The molecule has 0 aromatic heterocycles. The lowest BCUT2D eigenvalue weighted by Gasteiger charge is -2.28. The second-order valence-corrected chi connectivity index (χ2v) is 4.89. The van der Waals surface area contributed by atoms with Gasteiger partial charge in [0, 0.05) is 39.1 Å². The molecule has 2 aliphatic heterocycles. The molecule has 2 rings (SSSR count). The van der Waals surface area contributed by atoms with Gasteiger partial charge in [-0.1, -0.05) is 0 Å². The van der Waals surface area contributed by atoms with Gasteiger partial charge in [0.15, 0.2) is 0 Å². The van der Waals surface area contributed by atoms with Crippen molar-refractivity contribution >= 4 is 17.7 Å². The highest BCUT2D eigenvalue weighted by Gasteiger charge is 2.25. The Labute approximate surface area is 112 Å². The minimum absolute atomic E-state index is 0.0130. The topological polar surface area (TPSA) is 90.5 Å². The van der Waals surface area contributed by atoms with Crippen molar-refractivity contribution in [1.82, 2.24) is 20.9 Å². The smallest absolute Gasteiger partial charge is 0.242 e. The van der Waals surface area contributed by atoms with Gasteiger partial charge >= 0.3 is 0 Å². The fourth-order valence-corrected chi connectivity index (χ4v) is 2.29. The first-order valence-electron chi connectivity index (χ1n) is 6.69. The van der Waals surface area contributed by atoms with E-state index < -0.39 is 0 Å². The summed E-state index contributed by atoms with van der Waals surface area (Å²) in [7, 11) is 0. The molecule has 0 aromatic rings. The Bertz CT molecular complexity index is 356. The molecule has 0 saturated carbocycles. The number of nitrogens with zero attached hydrogens (tertiary/aromatic N) is 1. The fraction of sp³-hybridized carbons (Fsp3) is 0.750. The zero-order chi connectivity index (χ0) is 13.7. The normalized spacial score (nSPS) is 23.7. The molecule has 0 aliphatic carbocycles. The van der Waals surface area contributed by atoms with Crippen LogP contribution in [0.2, 0.25) is 0 Å². The van der Waals surface area contributed by atoms with E-state index >= 15 is 0 Å². The molecule has 19 heavy (non-hydrogen) atoms. The number of amides is 3. The maximum absolute atomic E-state index is 11.9. The molecule has 3 N–H and O–H groups in total. The first-order valence-corrected chi connectivity index (χ1v) is 6.69. The molecule has 7 nitrogen and oxygen atoms in total. The lowest BCUT2D eigenvalue weighted by Crippen LogP contribution is -2.50. The van der Waals surface area contributed by atoms with Crippen LogP contribution >= 0.6 is 0 Å². The number of hydrogen-bond donors (Lipinski definition) is 3. The number of carbonyl (C=O) groups is 3. The summed E-state index contributed by atoms with van der Waals surface area (Å²) in [5, 5.41) is 8.49. The van der Waals surface area contributed by atoms with Crippen molar-refractivity contribution in [2.24, 2.45) is 5.92 Å². The van der Waals surface area contributed by atoms with Gasteiger partial charge in [-0.15, -0.1) is 0 Å². The zero-order valence-electron chi connectivity index (χ0n) is 10.9. The number of piperazine rings is 1. The molecule has 7 heteroatoms. The van der Waals surface area contributed by atoms with Crippen LogP contribution in [-0.2, 0) is 14.4 Å². The number of hydrogen-bond acceptors (Lipinski definition) is 4. The monoisotopic (exact) mass is 268 g/mol. The highest BCUT2D eigenvalue weighted by Crippen LogP contribution is 2.10. The molecular weight excluding hydrogens is 248 g/mol. The van der Waals surface area contributed by atoms with E-state index in [1.807, 2.05) is 0 Å². The van der Waals surface area contributed by atoms with Gasteiger partial charge in [-0.2, -0.15) is 0 Å². The van der Waals surface area contributed by atoms with E-state index in [0.717, 1.165) is 13.1 Å². The molecule has 2 aliphatic rings. The number of piperidine rings is 1. The van der Waals surface area contributed by atoms with Gasteiger partial charge in [0.05, 0.1) is 12.5 Å². The number of carbonyl (C=O) groups excluding carboxylic acids is 3. The van der Waals surface area contributed by atoms with Gasteiger partial charge in [0.25, 0.3) is 0 Å². The van der Waals surface area contributed by atoms with E-state index in [1.54, 1.807) is 4.90 Å². The summed E-state index contributed by atoms with van der Waals surface area (Å²) in [6.45, 7) is 3.39. The SMILES string of the molecule is O=C1CCC(C(=O)NCC(=O)N2CCNCC2)CN1. The average Bonchev–Trinajstić information content (AvgIpc) is 2.46. The van der Waals surface area contributed by atoms with Crippen molar-refractivity contribution in [3.63, 3.8) is 0 Å². The first-order chi connectivity index (χ1) is 9.16. The lowest BCUT2D eigenvalue weighted by atomic mass is 9.98. The summed E-state index contributed by atoms with van der Waals surface area (Å²) >= 11 is 0. The van der Waals surface area contributed by atoms with Crippen LogP contribution in [0.3, 0.4) is 0 Å². The third kappa shape index (κ3) is 3.92. The van der Waals surface area contributed by atoms with E-state index in [1.165, 1.54) is 0 Å². The van der Waals surface area contributed by atoms with E-state index in [2.05, 4.69) is 16.0 Å². The second kappa shape index (κ2) is 6.51. The lowest BCUT2D eigenvalue weighted by molar-refractivity contribution is -0.135. The second-order valence-electron chi connectivity index (χ2n) is 4.89. The van der Waals surface area contributed by atoms with Crippen molar-refractivity contribution in [3.8, 4) is 0 Å². The number of nitrogens with one attached hydrogen (secondary N) is 3. The van der Waals surface area contributed by atoms with Crippen LogP contribution in [0.25, 0.3) is 0 Å². The van der Waals surface area contributed by atoms with Gasteiger partial charge in [-0.05, 0) is 6.42 Å². The van der Waals surface area contributed by atoms with Crippen LogP contribution in [0.1, 0.15) is 12.8 Å². The summed E-state index contributed by atoms with van der Waals surface area (Å²) in [4.78, 5) is 36.4. The predicted octanol–water partition coefficient (Wildman–Crippen LogP) is -1.94. The molecular formula is C12H20N4O3. The molecule has 0 spiro atoms. The van der Waals surface area contributed by atoms with Gasteiger partial charge in [0.2, 0.25) is 17.7 Å². The highest BCUT2D eigenvalue weighted by atomic mass is 16.2.